The number of amides is 1. The number of ketones is 2. The fraction of sp³-hybridized carbons (Fsp3) is 0.543. The third kappa shape index (κ3) is 7.08. The zero-order chi connectivity index (χ0) is 34.9. The van der Waals surface area contributed by atoms with Crippen molar-refractivity contribution in [3.05, 3.63) is 57.7 Å². The minimum Gasteiger partial charge on any atom is -0.507 e. The van der Waals surface area contributed by atoms with Crippen LogP contribution in [0.1, 0.15) is 67.1 Å². The van der Waals surface area contributed by atoms with Crippen LogP contribution in [0.3, 0.4) is 0 Å². The highest BCUT2D eigenvalue weighted by Crippen LogP contribution is 2.35. The first-order valence-corrected chi connectivity index (χ1v) is 15.6. The molecule has 11 nitrogen and oxygen atoms in total. The molecule has 1 amide bonds. The maximum atomic E-state index is 13.8. The first kappa shape index (κ1) is 37.0. The molecule has 7 N–H and O–H groups in total. The van der Waals surface area contributed by atoms with E-state index in [4.69, 9.17) is 0 Å². The van der Waals surface area contributed by atoms with Gasteiger partial charge in [-0.05, 0) is 19.4 Å². The second-order valence-electron chi connectivity index (χ2n) is 13.1. The number of hydrogen-bond acceptors (Lipinski definition) is 10. The molecule has 252 valence electrons. The average Bonchev–Trinajstić information content (AvgIpc) is 3.02. The summed E-state index contributed by atoms with van der Waals surface area (Å²) in [6.07, 6.45) is -0.146. The molecule has 0 saturated carbocycles. The van der Waals surface area contributed by atoms with Crippen LogP contribution in [0.25, 0.3) is 5.57 Å². The van der Waals surface area contributed by atoms with Crippen LogP contribution >= 0.6 is 0 Å². The van der Waals surface area contributed by atoms with Gasteiger partial charge in [-0.1, -0.05) is 65.8 Å². The smallest absolute Gasteiger partial charge is 0.273 e. The molecular weight excluding hydrogens is 594 g/mol. The molecule has 0 fully saturated rings. The number of aliphatic hydroxyl groups excluding tert-OH is 5. The van der Waals surface area contributed by atoms with Crippen LogP contribution in [0.2, 0.25) is 0 Å². The topological polar surface area (TPSA) is 205 Å². The molecule has 2 aliphatic heterocycles. The van der Waals surface area contributed by atoms with Crippen molar-refractivity contribution in [1.82, 2.24) is 0 Å². The molecule has 0 aromatic heterocycles. The van der Waals surface area contributed by atoms with Crippen molar-refractivity contribution in [3.8, 4) is 11.5 Å². The monoisotopic (exact) mass is 641 g/mol. The number of hydrogen-bond donors (Lipinski definition) is 7. The summed E-state index contributed by atoms with van der Waals surface area (Å²) >= 11 is 0. The number of aliphatic hydroxyl groups is 5. The standard InChI is InChI=1S/C35H47NO10/c1-14-10-9-11-15(2)35(46)36-22-13-23(37)24-25(32(43)21(8)33(44)26(24)34(22)45)29(40)17(4)12-16(3)28(39)19(6)31(42)20(7)30(41)18(5)27(14)38/h9-14,16,18-21,27-28,30-31,33,37-39,41-42,44-45H,1-8H3/b10-9+,15-11-,17-12-,36-22?/t14-,16?,18+,19+,20+,21?,27?,28-,30+,31+,33?/m0/s1. The maximum Gasteiger partial charge on any atom is 0.273 e. The minimum atomic E-state index is -1.62. The van der Waals surface area contributed by atoms with Crippen LogP contribution < -0.4 is 10.6 Å². The molecule has 0 saturated heterocycles. The van der Waals surface area contributed by atoms with Gasteiger partial charge in [-0.2, -0.15) is 0 Å². The predicted octanol–water partition coefficient (Wildman–Crippen LogP) is 1.30. The summed E-state index contributed by atoms with van der Waals surface area (Å²) in [6, 6.07) is 0.939. The lowest BCUT2D eigenvalue weighted by Gasteiger charge is -2.36. The van der Waals surface area contributed by atoms with Gasteiger partial charge in [-0.3, -0.25) is 14.4 Å². The highest BCUT2D eigenvalue weighted by molar-refractivity contribution is 6.46. The van der Waals surface area contributed by atoms with Crippen molar-refractivity contribution in [2.45, 2.75) is 85.9 Å². The molecule has 0 radical (unpaired) electrons. The average molecular weight is 642 g/mol. The number of phenolic OH excluding ortho intramolecular Hbond substituents is 2. The van der Waals surface area contributed by atoms with Gasteiger partial charge in [-0.15, -0.1) is 0 Å². The zero-order valence-electron chi connectivity index (χ0n) is 27.5. The van der Waals surface area contributed by atoms with E-state index in [0.717, 1.165) is 6.07 Å². The van der Waals surface area contributed by atoms with E-state index in [-0.39, 0.29) is 27.3 Å². The fourth-order valence-electron chi connectivity index (χ4n) is 6.31. The second-order valence-corrected chi connectivity index (χ2v) is 13.1. The number of aromatic hydroxyl groups is 2. The van der Waals surface area contributed by atoms with E-state index < -0.39 is 101 Å². The summed E-state index contributed by atoms with van der Waals surface area (Å²) in [5.41, 5.74) is -0.629. The molecule has 1 aromatic carbocycles. The van der Waals surface area contributed by atoms with Crippen LogP contribution in [0.15, 0.2) is 46.5 Å². The lowest BCUT2D eigenvalue weighted by atomic mass is 9.76. The summed E-state index contributed by atoms with van der Waals surface area (Å²) in [5, 5.41) is 76.7. The number of carbonyl (C=O) groups is 3. The van der Waals surface area contributed by atoms with Crippen molar-refractivity contribution in [1.29, 1.82) is 0 Å². The number of allylic oxidation sites excluding steroid dienone is 3. The van der Waals surface area contributed by atoms with Gasteiger partial charge in [0.15, 0.2) is 11.6 Å². The van der Waals surface area contributed by atoms with Crippen LogP contribution in [0.5, 0.6) is 11.5 Å². The van der Waals surface area contributed by atoms with E-state index in [1.54, 1.807) is 40.7 Å². The van der Waals surface area contributed by atoms with Gasteiger partial charge in [0.2, 0.25) is 0 Å². The van der Waals surface area contributed by atoms with E-state index >= 15 is 0 Å². The Hall–Kier alpha value is -3.48. The molecule has 3 aliphatic rings. The lowest BCUT2D eigenvalue weighted by molar-refractivity contribution is -0.122. The Morgan fingerprint density at radius 2 is 1.24 bits per heavy atom. The largest absolute Gasteiger partial charge is 0.507 e. The van der Waals surface area contributed by atoms with E-state index in [1.807, 2.05) is 0 Å². The molecule has 46 heavy (non-hydrogen) atoms. The van der Waals surface area contributed by atoms with Crippen molar-refractivity contribution in [2.75, 3.05) is 0 Å². The first-order valence-electron chi connectivity index (χ1n) is 15.6. The molecular formula is C35H47NO10. The second kappa shape index (κ2) is 14.5. The molecule has 11 heteroatoms. The van der Waals surface area contributed by atoms with E-state index in [2.05, 4.69) is 4.99 Å². The Bertz CT molecular complexity index is 1590. The lowest BCUT2D eigenvalue weighted by Crippen LogP contribution is -2.45. The molecule has 2 heterocycles. The van der Waals surface area contributed by atoms with Gasteiger partial charge in [0, 0.05) is 52.0 Å². The number of rotatable bonds is 0. The van der Waals surface area contributed by atoms with Gasteiger partial charge in [0.1, 0.15) is 16.9 Å². The molecule has 4 bridgehead atoms. The predicted molar refractivity (Wildman–Crippen MR) is 170 cm³/mol. The highest BCUT2D eigenvalue weighted by atomic mass is 16.3. The van der Waals surface area contributed by atoms with Crippen molar-refractivity contribution >= 4 is 23.0 Å². The van der Waals surface area contributed by atoms with Gasteiger partial charge in [0.25, 0.3) is 5.91 Å². The van der Waals surface area contributed by atoms with E-state index in [0.29, 0.717) is 0 Å². The number of carbonyl (C=O) groups excluding carboxylic acids is 3. The number of Topliss-reactive ketones (excluding diaryl/α,β-unsaturated/α-hetero) is 2. The Morgan fingerprint density at radius 3 is 1.80 bits per heavy atom. The molecule has 11 atom stereocenters. The van der Waals surface area contributed by atoms with Crippen molar-refractivity contribution in [3.63, 3.8) is 0 Å². The maximum absolute atomic E-state index is 13.8. The molecule has 4 unspecified atom stereocenters. The number of phenols is 2. The molecule has 1 aromatic rings. The Labute approximate surface area is 268 Å². The summed E-state index contributed by atoms with van der Waals surface area (Å²) in [4.78, 5) is 44.0. The van der Waals surface area contributed by atoms with Crippen LogP contribution in [-0.2, 0) is 14.4 Å². The van der Waals surface area contributed by atoms with E-state index in [1.165, 1.54) is 39.0 Å². The third-order valence-corrected chi connectivity index (χ3v) is 9.70. The number of benzene rings is 1. The quantitative estimate of drug-likeness (QED) is 0.202. The Morgan fingerprint density at radius 1 is 0.717 bits per heavy atom. The third-order valence-electron chi connectivity index (χ3n) is 9.70. The van der Waals surface area contributed by atoms with Crippen LogP contribution in [0, 0.1) is 35.5 Å². The van der Waals surface area contributed by atoms with E-state index in [9.17, 15) is 50.1 Å². The van der Waals surface area contributed by atoms with Crippen molar-refractivity contribution in [2.24, 2.45) is 40.5 Å². The first-order chi connectivity index (χ1) is 21.3. The number of fused-ring (bicyclic) bond motifs is 15. The van der Waals surface area contributed by atoms with Gasteiger partial charge >= 0.3 is 0 Å². The van der Waals surface area contributed by atoms with Crippen molar-refractivity contribution < 1.29 is 50.1 Å². The summed E-state index contributed by atoms with van der Waals surface area (Å²) in [5.74, 6) is -8.29. The highest BCUT2D eigenvalue weighted by Gasteiger charge is 2.40. The van der Waals surface area contributed by atoms with Crippen LogP contribution in [0.4, 0.5) is 0 Å². The fourth-order valence-corrected chi connectivity index (χ4v) is 6.31. The SMILES string of the molecule is C/C1=C/C=C/[C@H](C)C(O)[C@@H](C)[C@@H](O)[C@@H](C)[C@H](O)[C@H](C)[C@@H](O)C(C)/C=C(/C)C(=O)C2=c3c(O)cc(c(O)c3C(O)C(C)C2=O)=NC1=O. The molecule has 1 aliphatic carbocycles. The normalized spacial score (nSPS) is 38.4. The Balaban J connectivity index is 2.30. The van der Waals surface area contributed by atoms with Gasteiger partial charge in [0.05, 0.1) is 42.0 Å². The van der Waals surface area contributed by atoms with Gasteiger partial charge < -0.3 is 35.7 Å². The van der Waals surface area contributed by atoms with Gasteiger partial charge in [-0.25, -0.2) is 4.99 Å². The zero-order valence-corrected chi connectivity index (χ0v) is 27.5. The summed E-state index contributed by atoms with van der Waals surface area (Å²) < 4.78 is 0. The molecule has 4 rings (SSSR count). The van der Waals surface area contributed by atoms with Crippen LogP contribution in [-0.4, -0.2) is 77.6 Å². The molecule has 0 spiro atoms. The summed E-state index contributed by atoms with van der Waals surface area (Å²) in [7, 11) is 0. The minimum absolute atomic E-state index is 0.0273. The summed E-state index contributed by atoms with van der Waals surface area (Å²) in [6.45, 7) is 12.5. The Kier molecular flexibility index (Phi) is 11.7. The number of nitrogens with zero attached hydrogens (tertiary/aromatic N) is 1.